The first-order valence-corrected chi connectivity index (χ1v) is 9.01. The zero-order valence-electron chi connectivity index (χ0n) is 12.5. The molecule has 1 aliphatic rings. The van der Waals surface area contributed by atoms with Gasteiger partial charge < -0.3 is 5.11 Å². The normalized spacial score (nSPS) is 18.0. The molecule has 5 nitrogen and oxygen atoms in total. The van der Waals surface area contributed by atoms with Crippen LogP contribution in [0, 0.1) is 0 Å². The highest BCUT2D eigenvalue weighted by Gasteiger charge is 2.42. The number of nitrogens with one attached hydrogen (secondary N) is 1. The molecule has 0 spiro atoms. The van der Waals surface area contributed by atoms with Crippen LogP contribution >= 0.6 is 0 Å². The van der Waals surface area contributed by atoms with Crippen molar-refractivity contribution in [3.8, 4) is 0 Å². The van der Waals surface area contributed by atoms with E-state index in [-0.39, 0.29) is 18.4 Å². The van der Waals surface area contributed by atoms with E-state index in [2.05, 4.69) is 4.72 Å². The molecule has 0 unspecified atom stereocenters. The van der Waals surface area contributed by atoms with Gasteiger partial charge in [-0.3, -0.25) is 4.79 Å². The lowest BCUT2D eigenvalue weighted by Gasteiger charge is -2.33. The summed E-state index contributed by atoms with van der Waals surface area (Å²) in [7, 11) is -3.89. The van der Waals surface area contributed by atoms with Crippen LogP contribution in [0.2, 0.25) is 0 Å². The first-order valence-electron chi connectivity index (χ1n) is 7.36. The molecule has 8 heteroatoms. The predicted molar refractivity (Wildman–Crippen MR) is 80.6 cm³/mol. The standard InChI is InChI=1S/C15H19F2NO4S/c16-13(17)12-6-4-11(5-7-12)10-23(21,22)18-15(14(19)20)8-2-1-3-9-15/h4-7,13,18H,1-3,8-10H2,(H,19,20). The van der Waals surface area contributed by atoms with Crippen molar-refractivity contribution in [3.05, 3.63) is 35.4 Å². The van der Waals surface area contributed by atoms with Crippen molar-refractivity contribution in [1.29, 1.82) is 0 Å². The molecule has 128 valence electrons. The van der Waals surface area contributed by atoms with Gasteiger partial charge in [0.2, 0.25) is 10.0 Å². The molecule has 0 amide bonds. The molecule has 0 atom stereocenters. The van der Waals surface area contributed by atoms with Crippen molar-refractivity contribution < 1.29 is 27.1 Å². The fourth-order valence-electron chi connectivity index (χ4n) is 2.83. The van der Waals surface area contributed by atoms with E-state index in [0.29, 0.717) is 18.4 Å². The fraction of sp³-hybridized carbons (Fsp3) is 0.533. The van der Waals surface area contributed by atoms with Crippen LogP contribution in [0.3, 0.4) is 0 Å². The molecular formula is C15H19F2NO4S. The van der Waals surface area contributed by atoms with Gasteiger partial charge in [-0.25, -0.2) is 17.2 Å². The Bertz CT molecular complexity index is 653. The van der Waals surface area contributed by atoms with Crippen LogP contribution in [0.25, 0.3) is 0 Å². The third-order valence-corrected chi connectivity index (χ3v) is 5.47. The Kier molecular flexibility index (Phi) is 5.36. The number of carbonyl (C=O) groups is 1. The van der Waals surface area contributed by atoms with E-state index in [1.807, 2.05) is 0 Å². The van der Waals surface area contributed by atoms with Crippen LogP contribution in [-0.4, -0.2) is 25.0 Å². The highest BCUT2D eigenvalue weighted by Crippen LogP contribution is 2.29. The zero-order chi connectivity index (χ0) is 17.1. The van der Waals surface area contributed by atoms with E-state index in [4.69, 9.17) is 0 Å². The summed E-state index contributed by atoms with van der Waals surface area (Å²) >= 11 is 0. The Hall–Kier alpha value is -1.54. The lowest BCUT2D eigenvalue weighted by molar-refractivity contribution is -0.145. The van der Waals surface area contributed by atoms with E-state index in [1.54, 1.807) is 0 Å². The van der Waals surface area contributed by atoms with Crippen molar-refractivity contribution in [2.75, 3.05) is 0 Å². The molecule has 2 N–H and O–H groups in total. The average molecular weight is 347 g/mol. The number of rotatable bonds is 6. The maximum Gasteiger partial charge on any atom is 0.324 e. The molecule has 0 heterocycles. The molecule has 0 aromatic heterocycles. The van der Waals surface area contributed by atoms with Crippen molar-refractivity contribution in [2.24, 2.45) is 0 Å². The molecule has 0 aliphatic heterocycles. The summed E-state index contributed by atoms with van der Waals surface area (Å²) < 4.78 is 51.8. The van der Waals surface area contributed by atoms with Crippen molar-refractivity contribution in [1.82, 2.24) is 4.72 Å². The summed E-state index contributed by atoms with van der Waals surface area (Å²) in [5.74, 6) is -1.61. The minimum absolute atomic E-state index is 0.187. The van der Waals surface area contributed by atoms with E-state index < -0.39 is 33.7 Å². The predicted octanol–water partition coefficient (Wildman–Crippen LogP) is 2.83. The topological polar surface area (TPSA) is 83.5 Å². The highest BCUT2D eigenvalue weighted by molar-refractivity contribution is 7.88. The summed E-state index contributed by atoms with van der Waals surface area (Å²) in [6.07, 6.45) is 0.0793. The number of hydrogen-bond donors (Lipinski definition) is 2. The third-order valence-electron chi connectivity index (χ3n) is 4.06. The monoisotopic (exact) mass is 347 g/mol. The first kappa shape index (κ1) is 17.8. The van der Waals surface area contributed by atoms with Gasteiger partial charge >= 0.3 is 5.97 Å². The summed E-state index contributed by atoms with van der Waals surface area (Å²) in [5, 5.41) is 9.41. The van der Waals surface area contributed by atoms with Gasteiger partial charge in [0.25, 0.3) is 6.43 Å². The smallest absolute Gasteiger partial charge is 0.324 e. The van der Waals surface area contributed by atoms with Gasteiger partial charge in [-0.05, 0) is 18.4 Å². The molecule has 1 aliphatic carbocycles. The summed E-state index contributed by atoms with van der Waals surface area (Å²) in [5.41, 5.74) is -1.31. The van der Waals surface area contributed by atoms with E-state index in [9.17, 15) is 27.1 Å². The second-order valence-electron chi connectivity index (χ2n) is 5.85. The number of benzene rings is 1. The van der Waals surface area contributed by atoms with Gasteiger partial charge in [-0.15, -0.1) is 0 Å². The fourth-order valence-corrected chi connectivity index (χ4v) is 4.42. The SMILES string of the molecule is O=C(O)C1(NS(=O)(=O)Cc2ccc(C(F)F)cc2)CCCCC1. The number of hydrogen-bond acceptors (Lipinski definition) is 3. The van der Waals surface area contributed by atoms with E-state index in [0.717, 1.165) is 6.42 Å². The third kappa shape index (κ3) is 4.48. The minimum Gasteiger partial charge on any atom is -0.480 e. The minimum atomic E-state index is -3.89. The number of carboxylic acid groups (broad SMARTS) is 1. The molecule has 2 rings (SSSR count). The number of halogens is 2. The van der Waals surface area contributed by atoms with Gasteiger partial charge in [-0.2, -0.15) is 4.72 Å². The zero-order valence-corrected chi connectivity index (χ0v) is 13.3. The maximum atomic E-state index is 12.5. The van der Waals surface area contributed by atoms with Crippen LogP contribution in [0.1, 0.15) is 49.7 Å². The second kappa shape index (κ2) is 6.92. The Morgan fingerprint density at radius 3 is 2.22 bits per heavy atom. The molecular weight excluding hydrogens is 328 g/mol. The maximum absolute atomic E-state index is 12.5. The number of sulfonamides is 1. The van der Waals surface area contributed by atoms with Crippen molar-refractivity contribution in [3.63, 3.8) is 0 Å². The van der Waals surface area contributed by atoms with Crippen molar-refractivity contribution >= 4 is 16.0 Å². The highest BCUT2D eigenvalue weighted by atomic mass is 32.2. The van der Waals surface area contributed by atoms with Gasteiger partial charge in [0.15, 0.2) is 0 Å². The number of carboxylic acids is 1. The summed E-state index contributed by atoms with van der Waals surface area (Å²) in [4.78, 5) is 11.5. The lowest BCUT2D eigenvalue weighted by atomic mass is 9.83. The van der Waals surface area contributed by atoms with Crippen LogP contribution in [0.5, 0.6) is 0 Å². The molecule has 0 bridgehead atoms. The van der Waals surface area contributed by atoms with Gasteiger partial charge in [0.05, 0.1) is 5.75 Å². The first-order chi connectivity index (χ1) is 10.7. The van der Waals surface area contributed by atoms with Gasteiger partial charge in [0.1, 0.15) is 5.54 Å². The van der Waals surface area contributed by atoms with E-state index >= 15 is 0 Å². The van der Waals surface area contributed by atoms with Crippen molar-refractivity contribution in [2.45, 2.75) is 49.8 Å². The second-order valence-corrected chi connectivity index (χ2v) is 7.57. The Morgan fingerprint density at radius 2 is 1.74 bits per heavy atom. The average Bonchev–Trinajstić information content (AvgIpc) is 2.47. The number of alkyl halides is 2. The summed E-state index contributed by atoms with van der Waals surface area (Å²) in [6.45, 7) is 0. The van der Waals surface area contributed by atoms with Crippen LogP contribution in [0.4, 0.5) is 8.78 Å². The summed E-state index contributed by atoms with van der Waals surface area (Å²) in [6, 6.07) is 4.97. The van der Waals surface area contributed by atoms with Crippen LogP contribution in [-0.2, 0) is 20.6 Å². The largest absolute Gasteiger partial charge is 0.480 e. The van der Waals surface area contributed by atoms with E-state index in [1.165, 1.54) is 24.3 Å². The molecule has 1 fully saturated rings. The van der Waals surface area contributed by atoms with Gasteiger partial charge in [-0.1, -0.05) is 43.5 Å². The molecule has 1 saturated carbocycles. The molecule has 0 radical (unpaired) electrons. The van der Waals surface area contributed by atoms with Crippen LogP contribution in [0.15, 0.2) is 24.3 Å². The number of aliphatic carboxylic acids is 1. The Balaban J connectivity index is 2.13. The van der Waals surface area contributed by atoms with Gasteiger partial charge in [0, 0.05) is 5.56 Å². The Morgan fingerprint density at radius 1 is 1.17 bits per heavy atom. The van der Waals surface area contributed by atoms with Crippen LogP contribution < -0.4 is 4.72 Å². The molecule has 1 aromatic rings. The molecule has 23 heavy (non-hydrogen) atoms. The lowest BCUT2D eigenvalue weighted by Crippen LogP contribution is -2.55. The molecule has 1 aromatic carbocycles. The quantitative estimate of drug-likeness (QED) is 0.829. The molecule has 0 saturated heterocycles. The Labute approximate surface area is 133 Å².